The van der Waals surface area contributed by atoms with E-state index < -0.39 is 12.0 Å². The maximum atomic E-state index is 12.8. The molecule has 0 spiro atoms. The lowest BCUT2D eigenvalue weighted by Crippen LogP contribution is -2.58. The van der Waals surface area contributed by atoms with Gasteiger partial charge in [-0.25, -0.2) is 0 Å². The van der Waals surface area contributed by atoms with Crippen LogP contribution in [0.4, 0.5) is 11.4 Å². The predicted molar refractivity (Wildman–Crippen MR) is 137 cm³/mol. The first-order valence-electron chi connectivity index (χ1n) is 12.4. The van der Waals surface area contributed by atoms with Gasteiger partial charge in [0.25, 0.3) is 0 Å². The summed E-state index contributed by atoms with van der Waals surface area (Å²) in [5.74, 6) is -1.20. The SMILES string of the molecule is CCCCOC(=O)CC1C(=O)NCCN1C(=O)CNc1ccc(NC(=O)CCc2ccccc2)cc1. The number of hydrogen-bond acceptors (Lipinski definition) is 6. The normalized spacial score (nSPS) is 15.1. The molecule has 36 heavy (non-hydrogen) atoms. The highest BCUT2D eigenvalue weighted by Gasteiger charge is 2.34. The number of nitrogens with zero attached hydrogens (tertiary/aromatic N) is 1. The van der Waals surface area contributed by atoms with Crippen molar-refractivity contribution in [1.82, 2.24) is 10.2 Å². The summed E-state index contributed by atoms with van der Waals surface area (Å²) in [6, 6.07) is 16.0. The Kier molecular flexibility index (Phi) is 10.3. The van der Waals surface area contributed by atoms with Crippen molar-refractivity contribution in [1.29, 1.82) is 0 Å². The molecule has 3 rings (SSSR count). The number of aryl methyl sites for hydroxylation is 1. The molecule has 9 heteroatoms. The second-order valence-electron chi connectivity index (χ2n) is 8.64. The zero-order chi connectivity index (χ0) is 25.8. The molecule has 3 N–H and O–H groups in total. The largest absolute Gasteiger partial charge is 0.466 e. The van der Waals surface area contributed by atoms with E-state index >= 15 is 0 Å². The van der Waals surface area contributed by atoms with Gasteiger partial charge < -0.3 is 25.6 Å². The van der Waals surface area contributed by atoms with Crippen LogP contribution in [0.2, 0.25) is 0 Å². The van der Waals surface area contributed by atoms with Gasteiger partial charge in [0.05, 0.1) is 19.6 Å². The molecule has 0 saturated carbocycles. The smallest absolute Gasteiger partial charge is 0.308 e. The van der Waals surface area contributed by atoms with Crippen molar-refractivity contribution < 1.29 is 23.9 Å². The van der Waals surface area contributed by atoms with Crippen LogP contribution in [0.25, 0.3) is 0 Å². The Bertz CT molecular complexity index is 1030. The number of rotatable bonds is 12. The summed E-state index contributed by atoms with van der Waals surface area (Å²) in [6.07, 6.45) is 2.54. The molecule has 1 saturated heterocycles. The highest BCUT2D eigenvalue weighted by Crippen LogP contribution is 2.16. The van der Waals surface area contributed by atoms with E-state index in [2.05, 4.69) is 16.0 Å². The van der Waals surface area contributed by atoms with Crippen molar-refractivity contribution in [3.8, 4) is 0 Å². The third kappa shape index (κ3) is 8.41. The monoisotopic (exact) mass is 494 g/mol. The molecule has 1 aliphatic heterocycles. The van der Waals surface area contributed by atoms with Crippen LogP contribution in [0.1, 0.15) is 38.2 Å². The topological polar surface area (TPSA) is 117 Å². The van der Waals surface area contributed by atoms with Gasteiger partial charge in [-0.15, -0.1) is 0 Å². The Morgan fingerprint density at radius 3 is 2.50 bits per heavy atom. The summed E-state index contributed by atoms with van der Waals surface area (Å²) in [5.41, 5.74) is 2.47. The summed E-state index contributed by atoms with van der Waals surface area (Å²) < 4.78 is 5.16. The van der Waals surface area contributed by atoms with Gasteiger partial charge in [-0.2, -0.15) is 0 Å². The van der Waals surface area contributed by atoms with Crippen LogP contribution in [-0.2, 0) is 30.3 Å². The number of carbonyl (C=O) groups excluding carboxylic acids is 4. The van der Waals surface area contributed by atoms with Gasteiger partial charge in [0.1, 0.15) is 6.04 Å². The van der Waals surface area contributed by atoms with E-state index in [1.54, 1.807) is 24.3 Å². The molecule has 192 valence electrons. The Morgan fingerprint density at radius 2 is 1.78 bits per heavy atom. The molecule has 1 unspecified atom stereocenters. The van der Waals surface area contributed by atoms with E-state index in [0.717, 1.165) is 18.4 Å². The van der Waals surface area contributed by atoms with Crippen molar-refractivity contribution in [2.75, 3.05) is 36.9 Å². The van der Waals surface area contributed by atoms with Crippen LogP contribution in [0.5, 0.6) is 0 Å². The molecule has 0 radical (unpaired) electrons. The molecule has 1 aliphatic rings. The standard InChI is InChI=1S/C27H34N4O5/c1-2-3-17-36-26(34)18-23-27(35)28-15-16-31(23)25(33)19-29-21-10-12-22(13-11-21)30-24(32)14-9-20-7-5-4-6-8-20/h4-8,10-13,23,29H,2-3,9,14-19H2,1H3,(H,28,35)(H,30,32). The summed E-state index contributed by atoms with van der Waals surface area (Å²) in [6.45, 7) is 2.93. The number of benzene rings is 2. The molecular formula is C27H34N4O5. The fraction of sp³-hybridized carbons (Fsp3) is 0.407. The van der Waals surface area contributed by atoms with E-state index in [0.29, 0.717) is 43.9 Å². The lowest BCUT2D eigenvalue weighted by Gasteiger charge is -2.34. The average molecular weight is 495 g/mol. The van der Waals surface area contributed by atoms with Crippen molar-refractivity contribution in [3.63, 3.8) is 0 Å². The van der Waals surface area contributed by atoms with Gasteiger partial charge in [-0.1, -0.05) is 43.7 Å². The van der Waals surface area contributed by atoms with Crippen LogP contribution in [0.15, 0.2) is 54.6 Å². The number of ether oxygens (including phenoxy) is 1. The minimum Gasteiger partial charge on any atom is -0.466 e. The van der Waals surface area contributed by atoms with Gasteiger partial charge in [-0.05, 0) is 42.7 Å². The van der Waals surface area contributed by atoms with E-state index in [1.807, 2.05) is 37.3 Å². The van der Waals surface area contributed by atoms with Crippen molar-refractivity contribution in [2.24, 2.45) is 0 Å². The lowest BCUT2D eigenvalue weighted by atomic mass is 10.1. The summed E-state index contributed by atoms with van der Waals surface area (Å²) in [5, 5.41) is 8.63. The summed E-state index contributed by atoms with van der Waals surface area (Å²) in [4.78, 5) is 50.9. The summed E-state index contributed by atoms with van der Waals surface area (Å²) >= 11 is 0. The number of piperazine rings is 1. The van der Waals surface area contributed by atoms with Gasteiger partial charge in [0.15, 0.2) is 0 Å². The van der Waals surface area contributed by atoms with E-state index in [4.69, 9.17) is 4.74 Å². The number of amides is 3. The van der Waals surface area contributed by atoms with Gasteiger partial charge in [0.2, 0.25) is 17.7 Å². The Balaban J connectivity index is 1.46. The fourth-order valence-electron chi connectivity index (χ4n) is 3.84. The zero-order valence-electron chi connectivity index (χ0n) is 20.6. The van der Waals surface area contributed by atoms with Crippen LogP contribution in [0, 0.1) is 0 Å². The third-order valence-electron chi connectivity index (χ3n) is 5.87. The second kappa shape index (κ2) is 13.9. The van der Waals surface area contributed by atoms with Crippen LogP contribution in [-0.4, -0.2) is 60.9 Å². The number of hydrogen-bond donors (Lipinski definition) is 3. The highest BCUT2D eigenvalue weighted by atomic mass is 16.5. The van der Waals surface area contributed by atoms with Gasteiger partial charge in [-0.3, -0.25) is 19.2 Å². The maximum Gasteiger partial charge on any atom is 0.308 e. The molecule has 3 amide bonds. The number of carbonyl (C=O) groups is 4. The first kappa shape index (κ1) is 26.7. The maximum absolute atomic E-state index is 12.8. The molecular weight excluding hydrogens is 460 g/mol. The molecule has 1 fully saturated rings. The van der Waals surface area contributed by atoms with E-state index in [1.165, 1.54) is 4.90 Å². The quantitative estimate of drug-likeness (QED) is 0.309. The lowest BCUT2D eigenvalue weighted by molar-refractivity contribution is -0.151. The van der Waals surface area contributed by atoms with Gasteiger partial charge >= 0.3 is 5.97 Å². The fourth-order valence-corrected chi connectivity index (χ4v) is 3.84. The molecule has 2 aromatic carbocycles. The van der Waals surface area contributed by atoms with E-state index in [-0.39, 0.29) is 30.7 Å². The molecule has 1 atom stereocenters. The molecule has 0 bridgehead atoms. The third-order valence-corrected chi connectivity index (χ3v) is 5.87. The minimum absolute atomic E-state index is 0.0303. The number of esters is 1. The van der Waals surface area contributed by atoms with Crippen LogP contribution < -0.4 is 16.0 Å². The first-order chi connectivity index (χ1) is 17.5. The molecule has 9 nitrogen and oxygen atoms in total. The number of anilines is 2. The molecule has 0 aliphatic carbocycles. The van der Waals surface area contributed by atoms with Crippen molar-refractivity contribution >= 4 is 35.1 Å². The first-order valence-corrected chi connectivity index (χ1v) is 12.4. The molecule has 2 aromatic rings. The number of nitrogens with one attached hydrogen (secondary N) is 3. The predicted octanol–water partition coefficient (Wildman–Crippen LogP) is 2.73. The second-order valence-corrected chi connectivity index (χ2v) is 8.64. The minimum atomic E-state index is -0.879. The van der Waals surface area contributed by atoms with Crippen molar-refractivity contribution in [3.05, 3.63) is 60.2 Å². The Hall–Kier alpha value is -3.88. The summed E-state index contributed by atoms with van der Waals surface area (Å²) in [7, 11) is 0. The Labute approximate surface area is 211 Å². The van der Waals surface area contributed by atoms with Gasteiger partial charge in [0, 0.05) is 30.9 Å². The molecule has 0 aromatic heterocycles. The number of unbranched alkanes of at least 4 members (excludes halogenated alkanes) is 1. The average Bonchev–Trinajstić information content (AvgIpc) is 2.89. The van der Waals surface area contributed by atoms with Crippen LogP contribution in [0.3, 0.4) is 0 Å². The molecule has 1 heterocycles. The van der Waals surface area contributed by atoms with E-state index in [9.17, 15) is 19.2 Å². The van der Waals surface area contributed by atoms with Crippen molar-refractivity contribution in [2.45, 2.75) is 45.1 Å². The zero-order valence-corrected chi connectivity index (χ0v) is 20.6. The highest BCUT2D eigenvalue weighted by molar-refractivity contribution is 5.93. The van der Waals surface area contributed by atoms with Crippen LogP contribution >= 0.6 is 0 Å². The Morgan fingerprint density at radius 1 is 1.06 bits per heavy atom.